The lowest BCUT2D eigenvalue weighted by Crippen LogP contribution is -2.61. The summed E-state index contributed by atoms with van der Waals surface area (Å²) in [5.41, 5.74) is -3.04. The van der Waals surface area contributed by atoms with Gasteiger partial charge >= 0.3 is 0 Å². The van der Waals surface area contributed by atoms with Crippen LogP contribution in [0, 0.1) is 0 Å². The van der Waals surface area contributed by atoms with Crippen LogP contribution in [0.5, 0.6) is 0 Å². The van der Waals surface area contributed by atoms with Crippen LogP contribution < -0.4 is 5.32 Å². The molecule has 3 aliphatic rings. The number of nitrogens with one attached hydrogen (secondary N) is 1. The SMILES string of the molecule is C[C@@]1(O)CC[C@@](F)(C(=O)NCC2(N3CCOCC3)CCCCC2)c2cccnc21. The first-order valence-corrected chi connectivity index (χ1v) is 10.9. The molecule has 0 spiro atoms. The normalized spacial score (nSPS) is 32.4. The summed E-state index contributed by atoms with van der Waals surface area (Å²) in [4.78, 5) is 19.7. The molecular formula is C22H32FN3O3. The van der Waals surface area contributed by atoms with E-state index < -0.39 is 17.2 Å². The van der Waals surface area contributed by atoms with Crippen LogP contribution in [0.25, 0.3) is 0 Å². The first-order valence-electron chi connectivity index (χ1n) is 10.9. The molecule has 0 radical (unpaired) electrons. The lowest BCUT2D eigenvalue weighted by atomic mass is 9.75. The molecule has 1 amide bonds. The Balaban J connectivity index is 1.54. The molecule has 4 rings (SSSR count). The van der Waals surface area contributed by atoms with E-state index in [1.807, 2.05) is 0 Å². The lowest BCUT2D eigenvalue weighted by Gasteiger charge is -2.48. The second kappa shape index (κ2) is 7.93. The number of alkyl halides is 1. The quantitative estimate of drug-likeness (QED) is 0.805. The van der Waals surface area contributed by atoms with Gasteiger partial charge in [-0.3, -0.25) is 14.7 Å². The fourth-order valence-electron chi connectivity index (χ4n) is 5.30. The van der Waals surface area contributed by atoms with Crippen molar-refractivity contribution in [2.75, 3.05) is 32.8 Å². The van der Waals surface area contributed by atoms with Crippen LogP contribution in [0.15, 0.2) is 18.3 Å². The minimum atomic E-state index is -2.16. The van der Waals surface area contributed by atoms with Crippen LogP contribution in [0.2, 0.25) is 0 Å². The van der Waals surface area contributed by atoms with Crippen LogP contribution in [-0.2, 0) is 20.8 Å². The van der Waals surface area contributed by atoms with Gasteiger partial charge in [-0.2, -0.15) is 0 Å². The number of morpholine rings is 1. The molecule has 6 nitrogen and oxygen atoms in total. The Kier molecular flexibility index (Phi) is 5.66. The number of nitrogens with zero attached hydrogens (tertiary/aromatic N) is 2. The highest BCUT2D eigenvalue weighted by Gasteiger charge is 2.51. The number of aromatic nitrogens is 1. The van der Waals surface area contributed by atoms with Gasteiger partial charge < -0.3 is 15.2 Å². The molecule has 160 valence electrons. The Morgan fingerprint density at radius 1 is 1.24 bits per heavy atom. The second-order valence-electron chi connectivity index (χ2n) is 9.04. The molecule has 1 saturated heterocycles. The van der Waals surface area contributed by atoms with Crippen molar-refractivity contribution in [3.63, 3.8) is 0 Å². The number of fused-ring (bicyclic) bond motifs is 1. The third-order valence-corrected chi connectivity index (χ3v) is 7.11. The maximum absolute atomic E-state index is 16.0. The third kappa shape index (κ3) is 3.80. The Morgan fingerprint density at radius 2 is 1.97 bits per heavy atom. The highest BCUT2D eigenvalue weighted by atomic mass is 19.1. The molecule has 7 heteroatoms. The van der Waals surface area contributed by atoms with Gasteiger partial charge in [0.05, 0.1) is 18.9 Å². The minimum Gasteiger partial charge on any atom is -0.384 e. The molecule has 2 fully saturated rings. The molecule has 0 unspecified atom stereocenters. The van der Waals surface area contributed by atoms with E-state index in [4.69, 9.17) is 4.74 Å². The fraction of sp³-hybridized carbons (Fsp3) is 0.727. The van der Waals surface area contributed by atoms with Crippen molar-refractivity contribution in [2.45, 2.75) is 68.7 Å². The highest BCUT2D eigenvalue weighted by molar-refractivity contribution is 5.87. The average molecular weight is 406 g/mol. The third-order valence-electron chi connectivity index (χ3n) is 7.11. The maximum Gasteiger partial charge on any atom is 0.262 e. The molecular weight excluding hydrogens is 373 g/mol. The van der Waals surface area contributed by atoms with E-state index in [2.05, 4.69) is 15.2 Å². The largest absolute Gasteiger partial charge is 0.384 e. The van der Waals surface area contributed by atoms with Gasteiger partial charge in [-0.15, -0.1) is 0 Å². The van der Waals surface area contributed by atoms with E-state index in [0.29, 0.717) is 19.8 Å². The smallest absolute Gasteiger partial charge is 0.262 e. The lowest BCUT2D eigenvalue weighted by molar-refractivity contribution is -0.138. The summed E-state index contributed by atoms with van der Waals surface area (Å²) in [5.74, 6) is -0.611. The van der Waals surface area contributed by atoms with Crippen LogP contribution in [-0.4, -0.2) is 59.3 Å². The van der Waals surface area contributed by atoms with Gasteiger partial charge in [-0.05, 0) is 38.7 Å². The van der Waals surface area contributed by atoms with Crippen LogP contribution in [0.4, 0.5) is 4.39 Å². The average Bonchev–Trinajstić information content (AvgIpc) is 2.76. The van der Waals surface area contributed by atoms with Crippen molar-refractivity contribution in [3.8, 4) is 0 Å². The van der Waals surface area contributed by atoms with E-state index >= 15 is 4.39 Å². The summed E-state index contributed by atoms with van der Waals surface area (Å²) in [5, 5.41) is 13.6. The summed E-state index contributed by atoms with van der Waals surface area (Å²) in [7, 11) is 0. The monoisotopic (exact) mass is 405 g/mol. The van der Waals surface area contributed by atoms with E-state index in [1.54, 1.807) is 19.1 Å². The molecule has 2 aliphatic carbocycles. The number of rotatable bonds is 4. The van der Waals surface area contributed by atoms with Crippen molar-refractivity contribution in [1.82, 2.24) is 15.2 Å². The first kappa shape index (κ1) is 20.7. The predicted molar refractivity (Wildman–Crippen MR) is 107 cm³/mol. The number of ether oxygens (including phenoxy) is 1. The van der Waals surface area contributed by atoms with Crippen molar-refractivity contribution in [3.05, 3.63) is 29.6 Å². The van der Waals surface area contributed by atoms with Gasteiger partial charge in [0, 0.05) is 36.9 Å². The zero-order valence-electron chi connectivity index (χ0n) is 17.3. The van der Waals surface area contributed by atoms with Gasteiger partial charge in [-0.25, -0.2) is 4.39 Å². The number of halogens is 1. The van der Waals surface area contributed by atoms with Crippen molar-refractivity contribution >= 4 is 5.91 Å². The molecule has 1 aromatic heterocycles. The zero-order valence-corrected chi connectivity index (χ0v) is 17.3. The minimum absolute atomic E-state index is 0.0465. The summed E-state index contributed by atoms with van der Waals surface area (Å²) in [6, 6.07) is 3.20. The van der Waals surface area contributed by atoms with Crippen LogP contribution in [0.3, 0.4) is 0 Å². The van der Waals surface area contributed by atoms with Crippen molar-refractivity contribution in [2.24, 2.45) is 0 Å². The van der Waals surface area contributed by atoms with Gasteiger partial charge in [-0.1, -0.05) is 25.3 Å². The van der Waals surface area contributed by atoms with Crippen LogP contribution >= 0.6 is 0 Å². The summed E-state index contributed by atoms with van der Waals surface area (Å²) < 4.78 is 21.5. The standard InChI is InChI=1S/C22H32FN3O3/c1-20(28)9-10-22(23,17-6-5-11-24-18(17)20)19(27)25-16-21(7-3-2-4-8-21)26-12-14-29-15-13-26/h5-6,11,28H,2-4,7-10,12-16H2,1H3,(H,25,27)/t20-,22+/m1/s1. The zero-order chi connectivity index (χ0) is 20.5. The molecule has 1 saturated carbocycles. The van der Waals surface area contributed by atoms with Gasteiger partial charge in [0.15, 0.2) is 0 Å². The van der Waals surface area contributed by atoms with E-state index in [1.165, 1.54) is 12.6 Å². The van der Waals surface area contributed by atoms with E-state index in [-0.39, 0.29) is 29.6 Å². The topological polar surface area (TPSA) is 74.7 Å². The fourth-order valence-corrected chi connectivity index (χ4v) is 5.30. The number of amides is 1. The van der Waals surface area contributed by atoms with E-state index in [9.17, 15) is 9.90 Å². The Morgan fingerprint density at radius 3 is 2.69 bits per heavy atom. The molecule has 29 heavy (non-hydrogen) atoms. The van der Waals surface area contributed by atoms with Crippen molar-refractivity contribution in [1.29, 1.82) is 0 Å². The van der Waals surface area contributed by atoms with Gasteiger partial charge in [0.1, 0.15) is 5.60 Å². The van der Waals surface area contributed by atoms with E-state index in [0.717, 1.165) is 38.8 Å². The molecule has 2 heterocycles. The Hall–Kier alpha value is -1.57. The Labute approximate surface area is 171 Å². The molecule has 1 aromatic rings. The van der Waals surface area contributed by atoms with Gasteiger partial charge in [0.2, 0.25) is 5.67 Å². The molecule has 1 aliphatic heterocycles. The first-order chi connectivity index (χ1) is 13.9. The van der Waals surface area contributed by atoms with Crippen molar-refractivity contribution < 1.29 is 19.0 Å². The number of carbonyl (C=O) groups excluding carboxylic acids is 1. The summed E-state index contributed by atoms with van der Waals surface area (Å²) >= 11 is 0. The van der Waals surface area contributed by atoms with Crippen LogP contribution in [0.1, 0.15) is 63.1 Å². The number of aliphatic hydroxyl groups is 1. The number of hydrogen-bond acceptors (Lipinski definition) is 5. The molecule has 2 atom stereocenters. The number of carbonyl (C=O) groups is 1. The predicted octanol–water partition coefficient (Wildman–Crippen LogP) is 2.40. The Bertz CT molecular complexity index is 745. The molecule has 0 bridgehead atoms. The molecule has 2 N–H and O–H groups in total. The number of hydrogen-bond donors (Lipinski definition) is 2. The van der Waals surface area contributed by atoms with Gasteiger partial charge in [0.25, 0.3) is 5.91 Å². The summed E-state index contributed by atoms with van der Waals surface area (Å²) in [6.45, 7) is 5.20. The highest BCUT2D eigenvalue weighted by Crippen LogP contribution is 2.45. The molecule has 0 aromatic carbocycles. The summed E-state index contributed by atoms with van der Waals surface area (Å²) in [6.07, 6.45) is 7.14. The maximum atomic E-state index is 16.0. The second-order valence-corrected chi connectivity index (χ2v) is 9.04. The number of pyridine rings is 1.